The highest BCUT2D eigenvalue weighted by molar-refractivity contribution is 6.00. The number of rotatable bonds is 7. The molecule has 1 aliphatic rings. The van der Waals surface area contributed by atoms with E-state index in [0.29, 0.717) is 19.1 Å². The van der Waals surface area contributed by atoms with Crippen LogP contribution in [0.2, 0.25) is 0 Å². The Morgan fingerprint density at radius 3 is 2.93 bits per heavy atom. The minimum absolute atomic E-state index is 0.110. The molecule has 2 aromatic rings. The van der Waals surface area contributed by atoms with E-state index < -0.39 is 0 Å². The molecule has 4 N–H and O–H groups in total. The first-order valence-corrected chi connectivity index (χ1v) is 10.1. The van der Waals surface area contributed by atoms with Gasteiger partial charge in [0.05, 0.1) is 12.8 Å². The number of hydrogen-bond donors (Lipinski definition) is 3. The summed E-state index contributed by atoms with van der Waals surface area (Å²) in [6.07, 6.45) is 9.45. The number of hydrogen-bond acceptors (Lipinski definition) is 6. The lowest BCUT2D eigenvalue weighted by atomic mass is 10.0. The molecule has 0 spiro atoms. The number of aromatic nitrogens is 2. The number of aromatic amines is 1. The molecule has 3 rings (SSSR count). The zero-order valence-corrected chi connectivity index (χ0v) is 16.2. The van der Waals surface area contributed by atoms with Crippen molar-refractivity contribution < 1.29 is 4.74 Å². The average Bonchev–Trinajstić information content (AvgIpc) is 2.85. The fraction of sp³-hybridized carbons (Fsp3) is 0.476. The maximum atomic E-state index is 11.4. The minimum Gasteiger partial charge on any atom is -0.494 e. The van der Waals surface area contributed by atoms with Gasteiger partial charge in [-0.1, -0.05) is 31.4 Å². The van der Waals surface area contributed by atoms with Crippen LogP contribution in [0.1, 0.15) is 50.5 Å². The summed E-state index contributed by atoms with van der Waals surface area (Å²) < 4.78 is 5.89. The molecular formula is C21H29N5O2. The Balaban J connectivity index is 1.47. The molecule has 2 heterocycles. The second-order valence-corrected chi connectivity index (χ2v) is 7.02. The molecule has 0 radical (unpaired) electrons. The zero-order valence-electron chi connectivity index (χ0n) is 16.2. The summed E-state index contributed by atoms with van der Waals surface area (Å²) in [4.78, 5) is 22.9. The van der Waals surface area contributed by atoms with Gasteiger partial charge in [0.1, 0.15) is 11.4 Å². The highest BCUT2D eigenvalue weighted by Crippen LogP contribution is 2.19. The van der Waals surface area contributed by atoms with E-state index in [-0.39, 0.29) is 11.2 Å². The first-order valence-electron chi connectivity index (χ1n) is 10.1. The number of nitrogens with one attached hydrogen (secondary N) is 2. The molecule has 1 aromatic heterocycles. The number of anilines is 2. The zero-order chi connectivity index (χ0) is 19.6. The van der Waals surface area contributed by atoms with E-state index >= 15 is 0 Å². The Labute approximate surface area is 165 Å². The predicted molar refractivity (Wildman–Crippen MR) is 113 cm³/mol. The maximum Gasteiger partial charge on any atom is 0.275 e. The van der Waals surface area contributed by atoms with E-state index in [1.165, 1.54) is 49.6 Å². The number of benzene rings is 1. The van der Waals surface area contributed by atoms with E-state index in [9.17, 15) is 4.79 Å². The van der Waals surface area contributed by atoms with Gasteiger partial charge in [-0.05, 0) is 43.4 Å². The van der Waals surface area contributed by atoms with Crippen LogP contribution in [0, 0.1) is 0 Å². The maximum absolute atomic E-state index is 11.4. The van der Waals surface area contributed by atoms with Crippen LogP contribution in [-0.2, 0) is 0 Å². The van der Waals surface area contributed by atoms with Crippen LogP contribution in [-0.4, -0.2) is 35.4 Å². The summed E-state index contributed by atoms with van der Waals surface area (Å²) in [5.74, 6) is 1.28. The van der Waals surface area contributed by atoms with Crippen molar-refractivity contribution in [1.29, 1.82) is 0 Å². The number of ether oxygens (including phenoxy) is 1. The molecule has 0 aliphatic carbocycles. The molecule has 0 atom stereocenters. The van der Waals surface area contributed by atoms with Crippen LogP contribution in [0.5, 0.6) is 5.75 Å². The monoisotopic (exact) mass is 383 g/mol. The van der Waals surface area contributed by atoms with Crippen molar-refractivity contribution in [3.05, 3.63) is 46.4 Å². The molecule has 0 amide bonds. The van der Waals surface area contributed by atoms with Gasteiger partial charge in [0, 0.05) is 18.8 Å². The Bertz CT molecular complexity index is 847. The smallest absolute Gasteiger partial charge is 0.275 e. The third-order valence-corrected chi connectivity index (χ3v) is 4.75. The van der Waals surface area contributed by atoms with Crippen molar-refractivity contribution in [3.63, 3.8) is 0 Å². The van der Waals surface area contributed by atoms with Gasteiger partial charge in [0.2, 0.25) is 5.95 Å². The summed E-state index contributed by atoms with van der Waals surface area (Å²) in [6, 6.07) is 8.21. The minimum atomic E-state index is -0.335. The van der Waals surface area contributed by atoms with Crippen LogP contribution in [0.25, 0.3) is 0 Å². The van der Waals surface area contributed by atoms with E-state index in [0.717, 1.165) is 25.1 Å². The number of nitrogens with zero attached hydrogens (tertiary/aromatic N) is 2. The fourth-order valence-corrected chi connectivity index (χ4v) is 3.19. The SMILES string of the molecule is Nc1cnc(NCCCOc2cccc(C3=NCCCCCCC3)c2)[nH]c1=O. The lowest BCUT2D eigenvalue weighted by Crippen LogP contribution is -2.17. The Morgan fingerprint density at radius 2 is 2.04 bits per heavy atom. The molecule has 7 heteroatoms. The molecule has 0 saturated carbocycles. The second-order valence-electron chi connectivity index (χ2n) is 7.02. The van der Waals surface area contributed by atoms with Gasteiger partial charge in [-0.15, -0.1) is 0 Å². The average molecular weight is 383 g/mol. The summed E-state index contributed by atoms with van der Waals surface area (Å²) >= 11 is 0. The molecule has 150 valence electrons. The van der Waals surface area contributed by atoms with Crippen LogP contribution < -0.4 is 21.3 Å². The quantitative estimate of drug-likeness (QED) is 0.636. The molecule has 7 nitrogen and oxygen atoms in total. The van der Waals surface area contributed by atoms with Crippen molar-refractivity contribution >= 4 is 17.3 Å². The third kappa shape index (κ3) is 6.11. The van der Waals surface area contributed by atoms with Gasteiger partial charge >= 0.3 is 0 Å². The van der Waals surface area contributed by atoms with E-state index in [1.54, 1.807) is 0 Å². The third-order valence-electron chi connectivity index (χ3n) is 4.75. The lowest BCUT2D eigenvalue weighted by molar-refractivity contribution is 0.315. The summed E-state index contributed by atoms with van der Waals surface area (Å²) in [5.41, 5.74) is 7.60. The van der Waals surface area contributed by atoms with Crippen LogP contribution >= 0.6 is 0 Å². The van der Waals surface area contributed by atoms with Crippen LogP contribution in [0.4, 0.5) is 11.6 Å². The van der Waals surface area contributed by atoms with Crippen molar-refractivity contribution in [2.75, 3.05) is 30.7 Å². The first kappa shape index (κ1) is 19.9. The van der Waals surface area contributed by atoms with Gasteiger partial charge in [0.25, 0.3) is 5.56 Å². The summed E-state index contributed by atoms with van der Waals surface area (Å²) in [7, 11) is 0. The summed E-state index contributed by atoms with van der Waals surface area (Å²) in [6.45, 7) is 2.13. The molecule has 28 heavy (non-hydrogen) atoms. The normalized spacial score (nSPS) is 15.1. The van der Waals surface area contributed by atoms with Gasteiger partial charge in [0.15, 0.2) is 0 Å². The van der Waals surface area contributed by atoms with E-state index in [1.807, 2.05) is 12.1 Å². The molecule has 0 unspecified atom stereocenters. The van der Waals surface area contributed by atoms with Gasteiger partial charge in [-0.2, -0.15) is 0 Å². The first-order chi connectivity index (χ1) is 13.7. The molecule has 0 fully saturated rings. The summed E-state index contributed by atoms with van der Waals surface area (Å²) in [5, 5.41) is 3.06. The van der Waals surface area contributed by atoms with Crippen molar-refractivity contribution in [2.45, 2.75) is 44.9 Å². The number of nitrogens with two attached hydrogens (primary N) is 1. The van der Waals surface area contributed by atoms with E-state index in [4.69, 9.17) is 15.5 Å². The van der Waals surface area contributed by atoms with Gasteiger partial charge in [-0.3, -0.25) is 14.8 Å². The standard InChI is InChI=1S/C21H29N5O2/c22-18-15-25-21(26-20(18)27)24-12-7-13-28-17-9-6-8-16(14-17)19-10-4-2-1-3-5-11-23-19/h6,8-9,14-15H,1-5,7,10-13,22H2,(H2,24,25,26,27). The Morgan fingerprint density at radius 1 is 1.18 bits per heavy atom. The Kier molecular flexibility index (Phi) is 7.46. The van der Waals surface area contributed by atoms with Gasteiger partial charge < -0.3 is 15.8 Å². The van der Waals surface area contributed by atoms with Gasteiger partial charge in [-0.25, -0.2) is 4.98 Å². The second kappa shape index (κ2) is 10.5. The van der Waals surface area contributed by atoms with Crippen LogP contribution in [0.3, 0.4) is 0 Å². The fourth-order valence-electron chi connectivity index (χ4n) is 3.19. The molecule has 1 aliphatic heterocycles. The van der Waals surface area contributed by atoms with Crippen molar-refractivity contribution in [3.8, 4) is 5.75 Å². The Hall–Kier alpha value is -2.83. The highest BCUT2D eigenvalue weighted by atomic mass is 16.5. The predicted octanol–water partition coefficient (Wildman–Crippen LogP) is 3.38. The van der Waals surface area contributed by atoms with Crippen LogP contribution in [0.15, 0.2) is 40.2 Å². The molecule has 0 saturated heterocycles. The number of nitrogen functional groups attached to an aromatic ring is 1. The number of aliphatic imine (C=N–C) groups is 1. The van der Waals surface area contributed by atoms with E-state index in [2.05, 4.69) is 27.4 Å². The molecule has 1 aromatic carbocycles. The number of H-pyrrole nitrogens is 1. The highest BCUT2D eigenvalue weighted by Gasteiger charge is 2.07. The largest absolute Gasteiger partial charge is 0.494 e. The van der Waals surface area contributed by atoms with Crippen molar-refractivity contribution in [2.24, 2.45) is 4.99 Å². The molecule has 0 bridgehead atoms. The van der Waals surface area contributed by atoms with Crippen molar-refractivity contribution in [1.82, 2.24) is 9.97 Å². The molecular weight excluding hydrogens is 354 g/mol. The lowest BCUT2D eigenvalue weighted by Gasteiger charge is -2.10. The topological polar surface area (TPSA) is 105 Å².